The van der Waals surface area contributed by atoms with E-state index < -0.39 is 0 Å². The molecule has 1 aromatic heterocycles. The van der Waals surface area contributed by atoms with Crippen LogP contribution in [-0.4, -0.2) is 30.1 Å². The molecule has 0 saturated heterocycles. The van der Waals surface area contributed by atoms with E-state index in [0.717, 1.165) is 16.5 Å². The molecule has 198 valence electrons. The third-order valence-corrected chi connectivity index (χ3v) is 7.29. The Hall–Kier alpha value is -3.07. The summed E-state index contributed by atoms with van der Waals surface area (Å²) in [6.07, 6.45) is 2.38. The molecule has 1 atom stereocenters. The smallest absolute Gasteiger partial charge is 0.282 e. The SMILES string of the molecule is CC[C@H](C)c1nc2ccc(Br)cc2c(=O)n1N=Cc1cc(OC)c(OCc2ccc(Cl)c(Cl)c2)c(OC)c1. The van der Waals surface area contributed by atoms with Gasteiger partial charge in [-0.25, -0.2) is 4.98 Å². The van der Waals surface area contributed by atoms with Gasteiger partial charge in [0, 0.05) is 16.0 Å². The van der Waals surface area contributed by atoms with Crippen molar-refractivity contribution in [1.29, 1.82) is 0 Å². The number of benzene rings is 3. The molecule has 0 unspecified atom stereocenters. The Labute approximate surface area is 239 Å². The summed E-state index contributed by atoms with van der Waals surface area (Å²) in [5, 5.41) is 5.93. The summed E-state index contributed by atoms with van der Waals surface area (Å²) < 4.78 is 19.3. The molecule has 7 nitrogen and oxygen atoms in total. The van der Waals surface area contributed by atoms with Crippen LogP contribution in [0, 0.1) is 0 Å². The molecule has 3 aromatic carbocycles. The third kappa shape index (κ3) is 5.98. The van der Waals surface area contributed by atoms with Crippen molar-refractivity contribution in [2.45, 2.75) is 32.8 Å². The van der Waals surface area contributed by atoms with E-state index in [1.54, 1.807) is 50.8 Å². The number of hydrogen-bond donors (Lipinski definition) is 0. The van der Waals surface area contributed by atoms with Crippen molar-refractivity contribution in [3.63, 3.8) is 0 Å². The standard InChI is InChI=1S/C28H26BrCl2N3O4/c1-5-16(2)27-33-23-9-7-19(29)13-20(23)28(35)34(27)32-14-18-11-24(36-3)26(25(12-18)37-4)38-15-17-6-8-21(30)22(31)10-17/h6-14,16H,5,15H2,1-4H3/t16-/m0/s1. The molecule has 0 aliphatic rings. The number of rotatable bonds is 9. The number of halogens is 3. The summed E-state index contributed by atoms with van der Waals surface area (Å²) in [6, 6.07) is 14.3. The highest BCUT2D eigenvalue weighted by molar-refractivity contribution is 9.10. The van der Waals surface area contributed by atoms with E-state index in [2.05, 4.69) is 21.0 Å². The maximum absolute atomic E-state index is 13.4. The highest BCUT2D eigenvalue weighted by atomic mass is 79.9. The number of methoxy groups -OCH3 is 2. The van der Waals surface area contributed by atoms with Crippen molar-refractivity contribution in [2.24, 2.45) is 5.10 Å². The van der Waals surface area contributed by atoms with Crippen molar-refractivity contribution in [1.82, 2.24) is 9.66 Å². The van der Waals surface area contributed by atoms with Gasteiger partial charge in [0.2, 0.25) is 5.75 Å². The van der Waals surface area contributed by atoms with E-state index in [1.807, 2.05) is 32.0 Å². The molecule has 0 radical (unpaired) electrons. The Morgan fingerprint density at radius 2 is 1.76 bits per heavy atom. The van der Waals surface area contributed by atoms with E-state index in [-0.39, 0.29) is 18.1 Å². The second-order valence-corrected chi connectivity index (χ2v) is 10.3. The van der Waals surface area contributed by atoms with E-state index in [0.29, 0.717) is 49.6 Å². The average molecular weight is 619 g/mol. The Balaban J connectivity index is 1.72. The molecular weight excluding hydrogens is 593 g/mol. The van der Waals surface area contributed by atoms with Crippen LogP contribution in [0.2, 0.25) is 10.0 Å². The molecule has 0 aliphatic carbocycles. The van der Waals surface area contributed by atoms with E-state index >= 15 is 0 Å². The highest BCUT2D eigenvalue weighted by Crippen LogP contribution is 2.39. The third-order valence-electron chi connectivity index (χ3n) is 6.06. The van der Waals surface area contributed by atoms with Gasteiger partial charge in [0.05, 0.1) is 41.4 Å². The van der Waals surface area contributed by atoms with Gasteiger partial charge in [-0.1, -0.05) is 59.0 Å². The predicted octanol–water partition coefficient (Wildman–Crippen LogP) is 7.46. The molecule has 38 heavy (non-hydrogen) atoms. The Bertz CT molecular complexity index is 1550. The van der Waals surface area contributed by atoms with E-state index in [9.17, 15) is 4.79 Å². The molecule has 0 N–H and O–H groups in total. The van der Waals surface area contributed by atoms with Gasteiger partial charge in [-0.2, -0.15) is 9.78 Å². The molecule has 0 fully saturated rings. The van der Waals surface area contributed by atoms with Crippen LogP contribution in [0.5, 0.6) is 17.2 Å². The maximum atomic E-state index is 13.4. The zero-order chi connectivity index (χ0) is 27.4. The number of ether oxygens (including phenoxy) is 3. The van der Waals surface area contributed by atoms with Crippen LogP contribution in [-0.2, 0) is 6.61 Å². The van der Waals surface area contributed by atoms with Crippen LogP contribution in [0.4, 0.5) is 0 Å². The molecule has 0 saturated carbocycles. The minimum absolute atomic E-state index is 0.0223. The van der Waals surface area contributed by atoms with Gasteiger partial charge < -0.3 is 14.2 Å². The Morgan fingerprint density at radius 3 is 2.39 bits per heavy atom. The lowest BCUT2D eigenvalue weighted by Gasteiger charge is -2.16. The number of nitrogens with zero attached hydrogens (tertiary/aromatic N) is 3. The molecule has 0 aliphatic heterocycles. The molecule has 4 rings (SSSR count). The van der Waals surface area contributed by atoms with Gasteiger partial charge in [-0.15, -0.1) is 0 Å². The Morgan fingerprint density at radius 1 is 1.05 bits per heavy atom. The van der Waals surface area contributed by atoms with Crippen molar-refractivity contribution in [3.8, 4) is 17.2 Å². The second kappa shape index (κ2) is 12.2. The fraction of sp³-hybridized carbons (Fsp3) is 0.250. The van der Waals surface area contributed by atoms with Gasteiger partial charge >= 0.3 is 0 Å². The summed E-state index contributed by atoms with van der Waals surface area (Å²) in [7, 11) is 3.08. The first-order chi connectivity index (χ1) is 18.2. The lowest BCUT2D eigenvalue weighted by molar-refractivity contribution is 0.266. The monoisotopic (exact) mass is 617 g/mol. The van der Waals surface area contributed by atoms with Gasteiger partial charge in [0.15, 0.2) is 11.5 Å². The molecule has 0 amide bonds. The average Bonchev–Trinajstić information content (AvgIpc) is 2.92. The largest absolute Gasteiger partial charge is 0.493 e. The quantitative estimate of drug-likeness (QED) is 0.182. The van der Waals surface area contributed by atoms with Crippen molar-refractivity contribution in [3.05, 3.63) is 90.4 Å². The topological polar surface area (TPSA) is 74.9 Å². The zero-order valence-electron chi connectivity index (χ0n) is 21.3. The van der Waals surface area contributed by atoms with Crippen LogP contribution in [0.3, 0.4) is 0 Å². The molecule has 0 bridgehead atoms. The van der Waals surface area contributed by atoms with Gasteiger partial charge in [-0.05, 0) is 54.4 Å². The Kier molecular flexibility index (Phi) is 8.97. The van der Waals surface area contributed by atoms with Crippen molar-refractivity contribution in [2.75, 3.05) is 14.2 Å². The number of fused-ring (bicyclic) bond motifs is 1. The van der Waals surface area contributed by atoms with E-state index in [4.69, 9.17) is 42.4 Å². The fourth-order valence-corrected chi connectivity index (χ4v) is 4.49. The summed E-state index contributed by atoms with van der Waals surface area (Å²) in [4.78, 5) is 18.2. The van der Waals surface area contributed by atoms with Gasteiger partial charge in [0.1, 0.15) is 12.4 Å². The number of hydrogen-bond acceptors (Lipinski definition) is 6. The first kappa shape index (κ1) is 28.0. The van der Waals surface area contributed by atoms with Crippen molar-refractivity contribution < 1.29 is 14.2 Å². The lowest BCUT2D eigenvalue weighted by Crippen LogP contribution is -2.23. The first-order valence-corrected chi connectivity index (χ1v) is 13.4. The minimum atomic E-state index is -0.247. The van der Waals surface area contributed by atoms with Crippen LogP contribution >= 0.6 is 39.1 Å². The normalized spacial score (nSPS) is 12.2. The summed E-state index contributed by atoms with van der Waals surface area (Å²) in [5.74, 6) is 1.92. The minimum Gasteiger partial charge on any atom is -0.493 e. The van der Waals surface area contributed by atoms with E-state index in [1.165, 1.54) is 4.68 Å². The lowest BCUT2D eigenvalue weighted by atomic mass is 10.1. The van der Waals surface area contributed by atoms with Gasteiger partial charge in [0.25, 0.3) is 5.56 Å². The predicted molar refractivity (Wildman–Crippen MR) is 156 cm³/mol. The summed E-state index contributed by atoms with van der Waals surface area (Å²) >= 11 is 15.6. The molecule has 1 heterocycles. The first-order valence-electron chi connectivity index (χ1n) is 11.8. The van der Waals surface area contributed by atoms with Crippen LogP contribution in [0.15, 0.2) is 62.9 Å². The fourth-order valence-electron chi connectivity index (χ4n) is 3.81. The highest BCUT2D eigenvalue weighted by Gasteiger charge is 2.17. The van der Waals surface area contributed by atoms with Crippen LogP contribution in [0.25, 0.3) is 10.9 Å². The maximum Gasteiger partial charge on any atom is 0.282 e. The number of aromatic nitrogens is 2. The zero-order valence-corrected chi connectivity index (χ0v) is 24.4. The molecule has 4 aromatic rings. The van der Waals surface area contributed by atoms with Gasteiger partial charge in [-0.3, -0.25) is 4.79 Å². The van der Waals surface area contributed by atoms with Crippen LogP contribution < -0.4 is 19.8 Å². The van der Waals surface area contributed by atoms with Crippen LogP contribution in [0.1, 0.15) is 43.1 Å². The summed E-state index contributed by atoms with van der Waals surface area (Å²) in [6.45, 7) is 4.29. The van der Waals surface area contributed by atoms with Crippen molar-refractivity contribution >= 4 is 56.2 Å². The molecule has 10 heteroatoms. The second-order valence-electron chi connectivity index (χ2n) is 8.59. The molecular formula is C28H26BrCl2N3O4. The molecule has 0 spiro atoms. The summed E-state index contributed by atoms with van der Waals surface area (Å²) in [5.41, 5.74) is 1.87.